The molecule has 0 aliphatic rings. The summed E-state index contributed by atoms with van der Waals surface area (Å²) < 4.78 is 0. The molecule has 176 valence electrons. The number of nitrogens with one attached hydrogen (secondary N) is 1. The first-order valence-electron chi connectivity index (χ1n) is 10.5. The number of phenolic OH excluding ortho intramolecular Hbond substituents is 1. The molecule has 0 radical (unpaired) electrons. The van der Waals surface area contributed by atoms with Crippen molar-refractivity contribution < 1.29 is 14.7 Å². The predicted molar refractivity (Wildman–Crippen MR) is 134 cm³/mol. The van der Waals surface area contributed by atoms with E-state index in [0.29, 0.717) is 19.4 Å². The molecule has 4 N–H and O–H groups in total. The summed E-state index contributed by atoms with van der Waals surface area (Å²) in [5, 5.41) is 12.4. The zero-order chi connectivity index (χ0) is 22.6. The van der Waals surface area contributed by atoms with Crippen molar-refractivity contribution in [3.63, 3.8) is 0 Å². The maximum atomic E-state index is 12.9. The standard InChI is InChI=1S/C24H33N3O3S.ClH/c1-27(24(30)21(25)17-19-10-12-20(28)13-11-19)22(14-16-31-2)23(29)26-15-6-9-18-7-4-3-5-8-18;/h3-5,7-8,10-13,21-22,28H,6,9,14-17,25H2,1-2H3,(H,26,29);1H/t21-,22+;/m0./s1. The van der Waals surface area contributed by atoms with Gasteiger partial charge in [-0.3, -0.25) is 9.59 Å². The zero-order valence-electron chi connectivity index (χ0n) is 18.7. The van der Waals surface area contributed by atoms with Gasteiger partial charge < -0.3 is 21.1 Å². The third-order valence-electron chi connectivity index (χ3n) is 5.21. The molecule has 0 saturated carbocycles. The lowest BCUT2D eigenvalue weighted by Gasteiger charge is -2.29. The molecular formula is C24H34ClN3O3S. The number of aryl methyl sites for hydroxylation is 1. The maximum absolute atomic E-state index is 12.9. The van der Waals surface area contributed by atoms with E-state index in [-0.39, 0.29) is 30.0 Å². The fourth-order valence-electron chi connectivity index (χ4n) is 3.39. The number of hydrogen-bond donors (Lipinski definition) is 3. The van der Waals surface area contributed by atoms with E-state index in [4.69, 9.17) is 5.73 Å². The van der Waals surface area contributed by atoms with Gasteiger partial charge in [0.25, 0.3) is 0 Å². The Morgan fingerprint density at radius 3 is 2.38 bits per heavy atom. The summed E-state index contributed by atoms with van der Waals surface area (Å²) in [6.45, 7) is 0.561. The Morgan fingerprint density at radius 2 is 1.75 bits per heavy atom. The highest BCUT2D eigenvalue weighted by atomic mass is 35.5. The average molecular weight is 480 g/mol. The minimum atomic E-state index is -0.753. The molecule has 2 rings (SSSR count). The van der Waals surface area contributed by atoms with Gasteiger partial charge in [0.1, 0.15) is 11.8 Å². The highest BCUT2D eigenvalue weighted by Crippen LogP contribution is 2.13. The van der Waals surface area contributed by atoms with Gasteiger partial charge in [0.2, 0.25) is 11.8 Å². The summed E-state index contributed by atoms with van der Waals surface area (Å²) in [5.41, 5.74) is 8.25. The van der Waals surface area contributed by atoms with E-state index in [1.54, 1.807) is 43.1 Å². The summed E-state index contributed by atoms with van der Waals surface area (Å²) in [6, 6.07) is 15.5. The highest BCUT2D eigenvalue weighted by molar-refractivity contribution is 7.98. The van der Waals surface area contributed by atoms with Crippen LogP contribution in [0.1, 0.15) is 24.0 Å². The Bertz CT molecular complexity index is 821. The van der Waals surface area contributed by atoms with Crippen molar-refractivity contribution in [3.05, 3.63) is 65.7 Å². The van der Waals surface area contributed by atoms with Crippen LogP contribution in [0.3, 0.4) is 0 Å². The van der Waals surface area contributed by atoms with Crippen LogP contribution in [0.2, 0.25) is 0 Å². The second-order valence-corrected chi connectivity index (χ2v) is 8.59. The number of thioether (sulfide) groups is 1. The van der Waals surface area contributed by atoms with Crippen LogP contribution in [-0.4, -0.2) is 59.5 Å². The van der Waals surface area contributed by atoms with Crippen LogP contribution >= 0.6 is 24.2 Å². The van der Waals surface area contributed by atoms with Crippen LogP contribution in [0.5, 0.6) is 5.75 Å². The molecule has 0 spiro atoms. The molecule has 0 unspecified atom stereocenters. The van der Waals surface area contributed by atoms with Gasteiger partial charge in [-0.15, -0.1) is 12.4 Å². The SMILES string of the molecule is CSCC[C@H](C(=O)NCCCc1ccccc1)N(C)C(=O)[C@@H](N)Cc1ccc(O)cc1.Cl. The first-order chi connectivity index (χ1) is 14.9. The molecule has 2 aromatic carbocycles. The van der Waals surface area contributed by atoms with E-state index < -0.39 is 12.1 Å². The van der Waals surface area contributed by atoms with Crippen molar-refractivity contribution in [1.29, 1.82) is 0 Å². The van der Waals surface area contributed by atoms with Gasteiger partial charge in [-0.1, -0.05) is 42.5 Å². The lowest BCUT2D eigenvalue weighted by Crippen LogP contribution is -2.53. The van der Waals surface area contributed by atoms with Crippen LogP contribution in [0, 0.1) is 0 Å². The largest absolute Gasteiger partial charge is 0.508 e. The van der Waals surface area contributed by atoms with Crippen LogP contribution in [0.4, 0.5) is 0 Å². The number of hydrogen-bond acceptors (Lipinski definition) is 5. The predicted octanol–water partition coefficient (Wildman–Crippen LogP) is 3.01. The molecule has 0 fully saturated rings. The van der Waals surface area contributed by atoms with E-state index in [1.807, 2.05) is 24.5 Å². The number of halogens is 1. The minimum absolute atomic E-state index is 0. The highest BCUT2D eigenvalue weighted by Gasteiger charge is 2.29. The number of carbonyl (C=O) groups is 2. The molecule has 0 aromatic heterocycles. The summed E-state index contributed by atoms with van der Waals surface area (Å²) in [5.74, 6) is 0.530. The van der Waals surface area contributed by atoms with Crippen LogP contribution in [0.25, 0.3) is 0 Å². The fourth-order valence-corrected chi connectivity index (χ4v) is 3.84. The third-order valence-corrected chi connectivity index (χ3v) is 5.85. The second kappa shape index (κ2) is 14.8. The number of amides is 2. The van der Waals surface area contributed by atoms with Crippen LogP contribution < -0.4 is 11.1 Å². The van der Waals surface area contributed by atoms with Gasteiger partial charge in [0, 0.05) is 13.6 Å². The normalized spacial score (nSPS) is 12.3. The number of nitrogens with zero attached hydrogens (tertiary/aromatic N) is 1. The van der Waals surface area contributed by atoms with Crippen molar-refractivity contribution in [3.8, 4) is 5.75 Å². The van der Waals surface area contributed by atoms with Crippen molar-refractivity contribution >= 4 is 36.0 Å². The molecule has 0 aliphatic heterocycles. The summed E-state index contributed by atoms with van der Waals surface area (Å²) in [4.78, 5) is 27.2. The smallest absolute Gasteiger partial charge is 0.242 e. The first-order valence-corrected chi connectivity index (χ1v) is 11.9. The van der Waals surface area contributed by atoms with Gasteiger partial charge in [-0.25, -0.2) is 0 Å². The number of carbonyl (C=O) groups excluding carboxylic acids is 2. The van der Waals surface area contributed by atoms with E-state index in [0.717, 1.165) is 24.2 Å². The monoisotopic (exact) mass is 479 g/mol. The molecule has 2 amide bonds. The molecule has 6 nitrogen and oxygen atoms in total. The second-order valence-electron chi connectivity index (χ2n) is 7.60. The Kier molecular flexibility index (Phi) is 12.8. The molecule has 2 atom stereocenters. The number of nitrogens with two attached hydrogens (primary N) is 1. The van der Waals surface area contributed by atoms with E-state index in [2.05, 4.69) is 17.4 Å². The van der Waals surface area contributed by atoms with Crippen LogP contribution in [-0.2, 0) is 22.4 Å². The lowest BCUT2D eigenvalue weighted by molar-refractivity contribution is -0.140. The Balaban J connectivity index is 0.00000512. The van der Waals surface area contributed by atoms with Crippen molar-refractivity contribution in [2.45, 2.75) is 37.8 Å². The molecule has 8 heteroatoms. The van der Waals surface area contributed by atoms with Crippen LogP contribution in [0.15, 0.2) is 54.6 Å². The molecule has 32 heavy (non-hydrogen) atoms. The molecule has 2 aromatic rings. The number of likely N-dealkylation sites (N-methyl/N-ethyl adjacent to an activating group) is 1. The Labute approximate surface area is 201 Å². The Hall–Kier alpha value is -2.22. The number of aromatic hydroxyl groups is 1. The summed E-state index contributed by atoms with van der Waals surface area (Å²) in [6.07, 6.45) is 4.62. The van der Waals surface area contributed by atoms with E-state index >= 15 is 0 Å². The quantitative estimate of drug-likeness (QED) is 0.407. The summed E-state index contributed by atoms with van der Waals surface area (Å²) in [7, 11) is 1.65. The topological polar surface area (TPSA) is 95.7 Å². The van der Waals surface area contributed by atoms with E-state index in [1.165, 1.54) is 10.5 Å². The fraction of sp³-hybridized carbons (Fsp3) is 0.417. The number of benzene rings is 2. The van der Waals surface area contributed by atoms with Gasteiger partial charge in [-0.2, -0.15) is 11.8 Å². The number of rotatable bonds is 12. The molecule has 0 bridgehead atoms. The number of phenols is 1. The molecular weight excluding hydrogens is 446 g/mol. The minimum Gasteiger partial charge on any atom is -0.508 e. The van der Waals surface area contributed by atoms with Gasteiger partial charge in [0.05, 0.1) is 6.04 Å². The van der Waals surface area contributed by atoms with Crippen molar-refractivity contribution in [2.24, 2.45) is 5.73 Å². The lowest BCUT2D eigenvalue weighted by atomic mass is 10.0. The maximum Gasteiger partial charge on any atom is 0.242 e. The third kappa shape index (κ3) is 9.10. The van der Waals surface area contributed by atoms with Crippen molar-refractivity contribution in [1.82, 2.24) is 10.2 Å². The molecule has 0 saturated heterocycles. The summed E-state index contributed by atoms with van der Waals surface area (Å²) >= 11 is 1.64. The average Bonchev–Trinajstić information content (AvgIpc) is 2.78. The molecule has 0 aliphatic carbocycles. The first kappa shape index (κ1) is 27.8. The zero-order valence-corrected chi connectivity index (χ0v) is 20.3. The Morgan fingerprint density at radius 1 is 1.09 bits per heavy atom. The van der Waals surface area contributed by atoms with Gasteiger partial charge >= 0.3 is 0 Å². The van der Waals surface area contributed by atoms with Gasteiger partial charge in [0.15, 0.2) is 0 Å². The van der Waals surface area contributed by atoms with E-state index in [9.17, 15) is 14.7 Å². The molecule has 0 heterocycles. The van der Waals surface area contributed by atoms with Gasteiger partial charge in [-0.05, 0) is 61.0 Å². The van der Waals surface area contributed by atoms with Crippen molar-refractivity contribution in [2.75, 3.05) is 25.6 Å².